The summed E-state index contributed by atoms with van der Waals surface area (Å²) >= 11 is 0. The number of hydrogen-bond acceptors (Lipinski definition) is 13. The second-order valence-electron chi connectivity index (χ2n) is 8.63. The molecule has 0 spiro atoms. The van der Waals surface area contributed by atoms with Crippen molar-refractivity contribution >= 4 is 29.8 Å². The van der Waals surface area contributed by atoms with Crippen LogP contribution in [0.4, 0.5) is 0 Å². The molecule has 0 aliphatic carbocycles. The van der Waals surface area contributed by atoms with E-state index in [2.05, 4.69) is 6.58 Å². The zero-order valence-electron chi connectivity index (χ0n) is 20.9. The number of fused-ring (bicyclic) bond motifs is 1. The van der Waals surface area contributed by atoms with Gasteiger partial charge in [0.25, 0.3) is 0 Å². The van der Waals surface area contributed by atoms with E-state index in [0.29, 0.717) is 12.0 Å². The number of carbonyl (C=O) groups excluding carboxylic acids is 5. The van der Waals surface area contributed by atoms with Gasteiger partial charge in [0.15, 0.2) is 18.3 Å². The smallest absolute Gasteiger partial charge is 0.337 e. The van der Waals surface area contributed by atoms with E-state index in [1.807, 2.05) is 0 Å². The molecule has 3 rings (SSSR count). The Kier molecular flexibility index (Phi) is 9.27. The van der Waals surface area contributed by atoms with Gasteiger partial charge >= 0.3 is 29.8 Å². The molecule has 0 bridgehead atoms. The molecule has 0 unspecified atom stereocenters. The summed E-state index contributed by atoms with van der Waals surface area (Å²) in [6.07, 6.45) is -4.47. The van der Waals surface area contributed by atoms with E-state index in [0.717, 1.165) is 20.8 Å². The van der Waals surface area contributed by atoms with Crippen LogP contribution in [0.15, 0.2) is 24.5 Å². The van der Waals surface area contributed by atoms with Crippen LogP contribution >= 0.6 is 0 Å². The Labute approximate surface area is 212 Å². The molecule has 37 heavy (non-hydrogen) atoms. The molecule has 0 aromatic heterocycles. The van der Waals surface area contributed by atoms with Gasteiger partial charge in [-0.1, -0.05) is 6.08 Å². The van der Waals surface area contributed by atoms with Crippen molar-refractivity contribution in [2.45, 2.75) is 71.1 Å². The molecule has 2 saturated heterocycles. The van der Waals surface area contributed by atoms with Gasteiger partial charge in [0, 0.05) is 39.5 Å². The van der Waals surface area contributed by atoms with Gasteiger partial charge < -0.3 is 37.9 Å². The number of esters is 5. The summed E-state index contributed by atoms with van der Waals surface area (Å²) in [7, 11) is 0. The molecular formula is C24H30O13. The highest BCUT2D eigenvalue weighted by atomic mass is 16.8. The SMILES string of the molecule is C=C[C@H]1[C@H](O[C@H]2O[C@H](COC(C)=O)[C@H](OC(C)=O)[C@@H](OC(C)=O)[C@@H]2OC(C)=O)OC=C2C(=O)OCC[C@H]21. The van der Waals surface area contributed by atoms with Crippen LogP contribution in [0.3, 0.4) is 0 Å². The first-order valence-electron chi connectivity index (χ1n) is 11.6. The Morgan fingerprint density at radius 2 is 1.57 bits per heavy atom. The fourth-order valence-corrected chi connectivity index (χ4v) is 4.45. The van der Waals surface area contributed by atoms with E-state index in [-0.39, 0.29) is 12.5 Å². The average Bonchev–Trinajstić information content (AvgIpc) is 2.80. The highest BCUT2D eigenvalue weighted by Crippen LogP contribution is 2.39. The lowest BCUT2D eigenvalue weighted by molar-refractivity contribution is -0.342. The van der Waals surface area contributed by atoms with E-state index in [9.17, 15) is 24.0 Å². The lowest BCUT2D eigenvalue weighted by Crippen LogP contribution is -2.63. The zero-order valence-corrected chi connectivity index (χ0v) is 20.9. The third kappa shape index (κ3) is 6.86. The van der Waals surface area contributed by atoms with Crippen LogP contribution in [0, 0.1) is 11.8 Å². The standard InChI is InChI=1S/C24H30O13/c1-6-15-16-7-8-30-22(29)17(16)9-32-23(15)37-24-21(35-14(5)28)20(34-13(4)27)19(33-12(3)26)18(36-24)10-31-11(2)25/h6,9,15-16,18-21,23-24H,1,7-8,10H2,2-5H3/t15-,16+,18-,19+,20-,21+,23+,24-/m1/s1. The van der Waals surface area contributed by atoms with Crippen molar-refractivity contribution in [3.8, 4) is 0 Å². The third-order valence-electron chi connectivity index (χ3n) is 5.89. The van der Waals surface area contributed by atoms with E-state index in [1.54, 1.807) is 6.08 Å². The van der Waals surface area contributed by atoms with Crippen LogP contribution < -0.4 is 0 Å². The van der Waals surface area contributed by atoms with Crippen molar-refractivity contribution in [2.24, 2.45) is 11.8 Å². The Bertz CT molecular complexity index is 956. The molecular weight excluding hydrogens is 496 g/mol. The molecule has 8 atom stereocenters. The van der Waals surface area contributed by atoms with Crippen LogP contribution in [0.5, 0.6) is 0 Å². The van der Waals surface area contributed by atoms with Gasteiger partial charge in [0.1, 0.15) is 12.7 Å². The molecule has 3 heterocycles. The number of ether oxygens (including phenoxy) is 8. The Balaban J connectivity index is 1.96. The fourth-order valence-electron chi connectivity index (χ4n) is 4.45. The van der Waals surface area contributed by atoms with E-state index < -0.39 is 79.4 Å². The van der Waals surface area contributed by atoms with Crippen molar-refractivity contribution in [1.82, 2.24) is 0 Å². The van der Waals surface area contributed by atoms with Crippen LogP contribution in [-0.4, -0.2) is 80.1 Å². The van der Waals surface area contributed by atoms with E-state index >= 15 is 0 Å². The predicted octanol–water partition coefficient (Wildman–Crippen LogP) is 0.692. The lowest BCUT2D eigenvalue weighted by Gasteiger charge is -2.46. The van der Waals surface area contributed by atoms with Crippen molar-refractivity contribution < 1.29 is 61.9 Å². The Morgan fingerprint density at radius 1 is 0.946 bits per heavy atom. The van der Waals surface area contributed by atoms with Crippen LogP contribution in [0.1, 0.15) is 34.1 Å². The van der Waals surface area contributed by atoms with Gasteiger partial charge in [-0.15, -0.1) is 6.58 Å². The summed E-state index contributed by atoms with van der Waals surface area (Å²) in [5.74, 6) is -4.27. The summed E-state index contributed by atoms with van der Waals surface area (Å²) in [4.78, 5) is 59.4. The number of rotatable bonds is 8. The Hall–Kier alpha value is -3.45. The quantitative estimate of drug-likeness (QED) is 0.247. The van der Waals surface area contributed by atoms with Crippen LogP contribution in [0.2, 0.25) is 0 Å². The largest absolute Gasteiger partial charge is 0.471 e. The molecule has 3 aliphatic heterocycles. The average molecular weight is 526 g/mol. The van der Waals surface area contributed by atoms with Crippen molar-refractivity contribution in [3.05, 3.63) is 24.5 Å². The van der Waals surface area contributed by atoms with Crippen LogP contribution in [0.25, 0.3) is 0 Å². The monoisotopic (exact) mass is 526 g/mol. The summed E-state index contributed by atoms with van der Waals surface area (Å²) in [6, 6.07) is 0. The third-order valence-corrected chi connectivity index (χ3v) is 5.89. The minimum absolute atomic E-state index is 0.205. The van der Waals surface area contributed by atoms with Crippen LogP contribution in [-0.2, 0) is 61.9 Å². The van der Waals surface area contributed by atoms with Gasteiger partial charge in [-0.3, -0.25) is 19.2 Å². The topological polar surface area (TPSA) is 159 Å². The fraction of sp³-hybridized carbons (Fsp3) is 0.625. The van der Waals surface area contributed by atoms with E-state index in [1.165, 1.54) is 13.2 Å². The Morgan fingerprint density at radius 3 is 2.16 bits per heavy atom. The minimum atomic E-state index is -1.43. The second-order valence-corrected chi connectivity index (χ2v) is 8.63. The molecule has 13 nitrogen and oxygen atoms in total. The summed E-state index contributed by atoms with van der Waals surface area (Å²) in [5.41, 5.74) is 0.331. The second kappa shape index (κ2) is 12.2. The first kappa shape index (κ1) is 28.1. The molecule has 0 saturated carbocycles. The van der Waals surface area contributed by atoms with Crippen molar-refractivity contribution in [1.29, 1.82) is 0 Å². The maximum atomic E-state index is 12.1. The first-order valence-corrected chi connectivity index (χ1v) is 11.6. The maximum absolute atomic E-state index is 12.1. The predicted molar refractivity (Wildman–Crippen MR) is 119 cm³/mol. The van der Waals surface area contributed by atoms with Gasteiger partial charge in [-0.2, -0.15) is 0 Å². The molecule has 3 aliphatic rings. The molecule has 0 amide bonds. The lowest BCUT2D eigenvalue weighted by atomic mass is 9.81. The first-order chi connectivity index (χ1) is 17.5. The highest BCUT2D eigenvalue weighted by Gasteiger charge is 2.54. The van der Waals surface area contributed by atoms with Gasteiger partial charge in [-0.25, -0.2) is 4.79 Å². The summed E-state index contributed by atoms with van der Waals surface area (Å²) < 4.78 is 44.0. The molecule has 204 valence electrons. The molecule has 0 radical (unpaired) electrons. The molecule has 2 fully saturated rings. The molecule has 13 heteroatoms. The van der Waals surface area contributed by atoms with Gasteiger partial charge in [0.05, 0.1) is 18.4 Å². The highest BCUT2D eigenvalue weighted by molar-refractivity contribution is 5.89. The number of hydrogen-bond donors (Lipinski definition) is 0. The molecule has 0 aromatic carbocycles. The molecule has 0 N–H and O–H groups in total. The van der Waals surface area contributed by atoms with Gasteiger partial charge in [-0.05, 0) is 6.42 Å². The van der Waals surface area contributed by atoms with E-state index in [4.69, 9.17) is 37.9 Å². The minimum Gasteiger partial charge on any atom is -0.471 e. The number of cyclic esters (lactones) is 1. The summed E-state index contributed by atoms with van der Waals surface area (Å²) in [6.45, 7) is 8.18. The zero-order chi connectivity index (χ0) is 27.3. The van der Waals surface area contributed by atoms with Crippen molar-refractivity contribution in [2.75, 3.05) is 13.2 Å². The van der Waals surface area contributed by atoms with Gasteiger partial charge in [0.2, 0.25) is 12.6 Å². The number of carbonyl (C=O) groups is 5. The van der Waals surface area contributed by atoms with Crippen molar-refractivity contribution in [3.63, 3.8) is 0 Å². The normalized spacial score (nSPS) is 32.9. The summed E-state index contributed by atoms with van der Waals surface area (Å²) in [5, 5.41) is 0. The molecule has 0 aromatic rings. The maximum Gasteiger partial charge on any atom is 0.337 e.